The molecule has 2 amide bonds. The molecule has 2 heterocycles. The lowest BCUT2D eigenvalue weighted by molar-refractivity contribution is -0.123. The molecule has 1 aromatic carbocycles. The number of amides is 2. The van der Waals surface area contributed by atoms with E-state index < -0.39 is 6.04 Å². The van der Waals surface area contributed by atoms with Gasteiger partial charge in [0.2, 0.25) is 11.8 Å². The summed E-state index contributed by atoms with van der Waals surface area (Å²) in [6.45, 7) is 3.80. The predicted octanol–water partition coefficient (Wildman–Crippen LogP) is 1.95. The van der Waals surface area contributed by atoms with E-state index in [-0.39, 0.29) is 30.3 Å². The fourth-order valence-corrected chi connectivity index (χ4v) is 3.29. The van der Waals surface area contributed by atoms with Crippen LogP contribution in [0.1, 0.15) is 26.2 Å². The van der Waals surface area contributed by atoms with Gasteiger partial charge in [-0.05, 0) is 38.0 Å². The van der Waals surface area contributed by atoms with Crippen molar-refractivity contribution in [2.45, 2.75) is 38.3 Å². The van der Waals surface area contributed by atoms with Gasteiger partial charge in [-0.2, -0.15) is 0 Å². The summed E-state index contributed by atoms with van der Waals surface area (Å²) < 4.78 is 10.9. The van der Waals surface area contributed by atoms with Gasteiger partial charge in [-0.3, -0.25) is 9.59 Å². The van der Waals surface area contributed by atoms with Crippen molar-refractivity contribution in [2.75, 3.05) is 37.0 Å². The van der Waals surface area contributed by atoms with Crippen molar-refractivity contribution < 1.29 is 19.1 Å². The van der Waals surface area contributed by atoms with E-state index in [1.54, 1.807) is 30.2 Å². The summed E-state index contributed by atoms with van der Waals surface area (Å²) in [7, 11) is 1.58. The summed E-state index contributed by atoms with van der Waals surface area (Å²) in [6.07, 6.45) is 2.24. The van der Waals surface area contributed by atoms with Crippen LogP contribution in [0.3, 0.4) is 0 Å². The van der Waals surface area contributed by atoms with Crippen LogP contribution in [0.15, 0.2) is 18.2 Å². The highest BCUT2D eigenvalue weighted by Crippen LogP contribution is 2.33. The molecule has 144 valence electrons. The minimum Gasteiger partial charge on any atom is -0.495 e. The fraction of sp³-hybridized carbons (Fsp3) is 0.556. The number of anilines is 2. The van der Waals surface area contributed by atoms with Crippen LogP contribution in [0.5, 0.6) is 5.75 Å². The van der Waals surface area contributed by atoms with E-state index in [4.69, 9.17) is 9.47 Å². The van der Waals surface area contributed by atoms with E-state index in [2.05, 4.69) is 10.6 Å². The molecule has 0 aromatic heterocycles. The van der Waals surface area contributed by atoms with Gasteiger partial charge in [-0.25, -0.2) is 0 Å². The largest absolute Gasteiger partial charge is 0.495 e. The predicted molar refractivity (Wildman–Crippen MR) is 102 cm³/mol. The van der Waals surface area contributed by atoms with Crippen LogP contribution >= 0.6 is 12.4 Å². The Morgan fingerprint density at radius 1 is 1.38 bits per heavy atom. The van der Waals surface area contributed by atoms with Gasteiger partial charge in [0.1, 0.15) is 11.8 Å². The molecule has 0 aliphatic carbocycles. The van der Waals surface area contributed by atoms with Crippen LogP contribution in [-0.2, 0) is 14.3 Å². The highest BCUT2D eigenvalue weighted by molar-refractivity contribution is 5.99. The van der Waals surface area contributed by atoms with Gasteiger partial charge in [0.05, 0.1) is 25.5 Å². The maximum Gasteiger partial charge on any atom is 0.244 e. The third kappa shape index (κ3) is 4.47. The number of hydrogen-bond donors (Lipinski definition) is 2. The van der Waals surface area contributed by atoms with Gasteiger partial charge in [-0.15, -0.1) is 12.4 Å². The average Bonchev–Trinajstić information content (AvgIpc) is 2.62. The molecule has 2 aliphatic rings. The number of morpholine rings is 1. The first-order chi connectivity index (χ1) is 12.1. The van der Waals surface area contributed by atoms with Gasteiger partial charge < -0.3 is 25.0 Å². The number of carbonyl (C=O) groups excluding carboxylic acids is 2. The van der Waals surface area contributed by atoms with Crippen LogP contribution in [0, 0.1) is 0 Å². The summed E-state index contributed by atoms with van der Waals surface area (Å²) >= 11 is 0. The number of halogens is 1. The smallest absolute Gasteiger partial charge is 0.244 e. The number of nitrogens with one attached hydrogen (secondary N) is 2. The zero-order valence-electron chi connectivity index (χ0n) is 15.1. The van der Waals surface area contributed by atoms with Crippen molar-refractivity contribution in [1.29, 1.82) is 0 Å². The normalized spacial score (nSPS) is 23.2. The first-order valence-electron chi connectivity index (χ1n) is 8.74. The Bertz CT molecular complexity index is 655. The van der Waals surface area contributed by atoms with Crippen molar-refractivity contribution in [3.05, 3.63) is 18.2 Å². The van der Waals surface area contributed by atoms with Gasteiger partial charge in [0.15, 0.2) is 0 Å². The van der Waals surface area contributed by atoms with Crippen LogP contribution in [-0.4, -0.2) is 50.8 Å². The van der Waals surface area contributed by atoms with Crippen molar-refractivity contribution in [3.8, 4) is 5.75 Å². The average molecular weight is 384 g/mol. The number of nitrogens with zero attached hydrogens (tertiary/aromatic N) is 1. The zero-order chi connectivity index (χ0) is 17.8. The van der Waals surface area contributed by atoms with Crippen LogP contribution < -0.4 is 20.3 Å². The number of methoxy groups -OCH3 is 1. The second-order valence-corrected chi connectivity index (χ2v) is 6.39. The molecule has 3 rings (SSSR count). The lowest BCUT2D eigenvalue weighted by Crippen LogP contribution is -2.53. The molecule has 2 saturated heterocycles. The summed E-state index contributed by atoms with van der Waals surface area (Å²) in [5, 5.41) is 6.08. The lowest BCUT2D eigenvalue weighted by atomic mass is 10.1. The standard InChI is InChI=1S/C18H25N3O4.ClH/c1-12-17(19-8-10-25-12)18(23)20-13-6-7-15(24-2)14(11-13)21-9-4-3-5-16(21)22;/h6-7,11-12,17,19H,3-5,8-10H2,1-2H3,(H,20,23);1H/t12-,17+;/m1./s1. The Morgan fingerprint density at radius 2 is 2.19 bits per heavy atom. The first-order valence-corrected chi connectivity index (χ1v) is 8.74. The maximum atomic E-state index is 12.5. The quantitative estimate of drug-likeness (QED) is 0.830. The van der Waals surface area contributed by atoms with Crippen molar-refractivity contribution in [1.82, 2.24) is 5.32 Å². The zero-order valence-corrected chi connectivity index (χ0v) is 15.9. The highest BCUT2D eigenvalue weighted by atomic mass is 35.5. The fourth-order valence-electron chi connectivity index (χ4n) is 3.29. The molecule has 2 atom stereocenters. The molecule has 0 spiro atoms. The molecule has 7 nitrogen and oxygen atoms in total. The lowest BCUT2D eigenvalue weighted by Gasteiger charge is -2.30. The van der Waals surface area contributed by atoms with Crippen molar-refractivity contribution in [3.63, 3.8) is 0 Å². The molecular formula is C18H26ClN3O4. The van der Waals surface area contributed by atoms with Gasteiger partial charge in [-0.1, -0.05) is 0 Å². The molecule has 26 heavy (non-hydrogen) atoms. The second kappa shape index (κ2) is 9.21. The Balaban J connectivity index is 0.00000243. The number of ether oxygens (including phenoxy) is 2. The van der Waals surface area contributed by atoms with Crippen molar-refractivity contribution >= 4 is 35.6 Å². The first kappa shape index (κ1) is 20.5. The van der Waals surface area contributed by atoms with E-state index >= 15 is 0 Å². The molecule has 0 radical (unpaired) electrons. The van der Waals surface area contributed by atoms with E-state index in [1.807, 2.05) is 6.92 Å². The molecule has 2 aliphatic heterocycles. The number of benzene rings is 1. The molecule has 0 unspecified atom stereocenters. The third-order valence-electron chi connectivity index (χ3n) is 4.66. The molecule has 0 saturated carbocycles. The topological polar surface area (TPSA) is 79.9 Å². The van der Waals surface area contributed by atoms with Crippen molar-refractivity contribution in [2.24, 2.45) is 0 Å². The van der Waals surface area contributed by atoms with Crippen LogP contribution in [0.4, 0.5) is 11.4 Å². The minimum atomic E-state index is -0.393. The molecular weight excluding hydrogens is 358 g/mol. The summed E-state index contributed by atoms with van der Waals surface area (Å²) in [5.74, 6) is 0.568. The van der Waals surface area contributed by atoms with Gasteiger partial charge >= 0.3 is 0 Å². The second-order valence-electron chi connectivity index (χ2n) is 6.39. The van der Waals surface area contributed by atoms with E-state index in [0.717, 1.165) is 12.8 Å². The van der Waals surface area contributed by atoms with Gasteiger partial charge in [0.25, 0.3) is 0 Å². The Labute approximate surface area is 159 Å². The summed E-state index contributed by atoms with van der Waals surface area (Å²) in [6, 6.07) is 4.97. The van der Waals surface area contributed by atoms with Gasteiger partial charge in [0, 0.05) is 25.2 Å². The Kier molecular flexibility index (Phi) is 7.25. The molecule has 0 bridgehead atoms. The number of piperidine rings is 1. The summed E-state index contributed by atoms with van der Waals surface area (Å²) in [4.78, 5) is 26.5. The van der Waals surface area contributed by atoms with Crippen LogP contribution in [0.25, 0.3) is 0 Å². The van der Waals surface area contributed by atoms with E-state index in [0.29, 0.717) is 43.2 Å². The van der Waals surface area contributed by atoms with Crippen LogP contribution in [0.2, 0.25) is 0 Å². The van der Waals surface area contributed by atoms with E-state index in [1.165, 1.54) is 0 Å². The maximum absolute atomic E-state index is 12.5. The Hall–Kier alpha value is -1.83. The minimum absolute atomic E-state index is 0. The molecule has 2 fully saturated rings. The monoisotopic (exact) mass is 383 g/mol. The highest BCUT2D eigenvalue weighted by Gasteiger charge is 2.29. The van der Waals surface area contributed by atoms with E-state index in [9.17, 15) is 9.59 Å². The molecule has 2 N–H and O–H groups in total. The third-order valence-corrected chi connectivity index (χ3v) is 4.66. The molecule has 1 aromatic rings. The molecule has 8 heteroatoms. The number of rotatable bonds is 4. The SMILES string of the molecule is COc1ccc(NC(=O)[C@H]2NCCO[C@@H]2C)cc1N1CCCCC1=O.Cl. The Morgan fingerprint density at radius 3 is 2.88 bits per heavy atom. The number of carbonyl (C=O) groups is 2. The summed E-state index contributed by atoms with van der Waals surface area (Å²) in [5.41, 5.74) is 1.34. The number of hydrogen-bond acceptors (Lipinski definition) is 5.